The van der Waals surface area contributed by atoms with Gasteiger partial charge in [-0.25, -0.2) is 4.39 Å². The van der Waals surface area contributed by atoms with Gasteiger partial charge in [0, 0.05) is 18.7 Å². The molecule has 0 saturated heterocycles. The molecule has 2 amide bonds. The summed E-state index contributed by atoms with van der Waals surface area (Å²) in [5, 5.41) is 3.03. The highest BCUT2D eigenvalue weighted by molar-refractivity contribution is 6.00. The van der Waals surface area contributed by atoms with Crippen LogP contribution in [0.5, 0.6) is 0 Å². The lowest BCUT2D eigenvalue weighted by atomic mass is 9.91. The maximum absolute atomic E-state index is 13.5. The molecule has 29 heavy (non-hydrogen) atoms. The molecular weight excluding hydrogens is 367 g/mol. The third-order valence-corrected chi connectivity index (χ3v) is 5.72. The fraction of sp³-hybridized carbons (Fsp3) is 0.417. The maximum atomic E-state index is 13.5. The zero-order chi connectivity index (χ0) is 21.0. The number of nitrogens with one attached hydrogen (secondary N) is 1. The molecule has 1 aliphatic rings. The van der Waals surface area contributed by atoms with Crippen molar-refractivity contribution in [3.8, 4) is 0 Å². The Bertz CT molecular complexity index is 879. The van der Waals surface area contributed by atoms with Gasteiger partial charge in [0.05, 0.1) is 0 Å². The topological polar surface area (TPSA) is 49.4 Å². The van der Waals surface area contributed by atoms with E-state index in [1.807, 2.05) is 31.2 Å². The third kappa shape index (κ3) is 4.66. The first-order valence-electron chi connectivity index (χ1n) is 10.2. The average molecular weight is 397 g/mol. The lowest BCUT2D eigenvalue weighted by Crippen LogP contribution is -2.58. The van der Waals surface area contributed by atoms with E-state index in [1.165, 1.54) is 12.1 Å². The van der Waals surface area contributed by atoms with Crippen LogP contribution in [0, 0.1) is 11.7 Å². The van der Waals surface area contributed by atoms with Crippen molar-refractivity contribution in [2.45, 2.75) is 52.1 Å². The maximum Gasteiger partial charge on any atom is 0.255 e. The number of carbonyl (C=O) groups is 2. The molecule has 154 valence electrons. The molecule has 1 heterocycles. The second-order valence-corrected chi connectivity index (χ2v) is 8.39. The molecule has 1 aliphatic heterocycles. The quantitative estimate of drug-likeness (QED) is 0.790. The second-order valence-electron chi connectivity index (χ2n) is 8.39. The highest BCUT2D eigenvalue weighted by Gasteiger charge is 2.44. The SMILES string of the molecule is CC(C)CCNC(=O)[C@@]1(C)CCc2ccccc2C(=O)N1Cc1ccc(F)cc1. The molecule has 4 nitrogen and oxygen atoms in total. The number of rotatable bonds is 6. The molecule has 0 aliphatic carbocycles. The van der Waals surface area contributed by atoms with E-state index in [4.69, 9.17) is 0 Å². The first kappa shape index (κ1) is 21.0. The van der Waals surface area contributed by atoms with Crippen molar-refractivity contribution in [3.63, 3.8) is 0 Å². The highest BCUT2D eigenvalue weighted by atomic mass is 19.1. The van der Waals surface area contributed by atoms with Crippen molar-refractivity contribution in [1.29, 1.82) is 0 Å². The molecule has 3 rings (SSSR count). The number of amides is 2. The Hall–Kier alpha value is -2.69. The van der Waals surface area contributed by atoms with Gasteiger partial charge in [0.2, 0.25) is 5.91 Å². The Kier molecular flexibility index (Phi) is 6.36. The van der Waals surface area contributed by atoms with Gasteiger partial charge in [-0.3, -0.25) is 9.59 Å². The summed E-state index contributed by atoms with van der Waals surface area (Å²) in [5.74, 6) is -0.140. The number of halogens is 1. The Balaban J connectivity index is 1.94. The molecule has 5 heteroatoms. The van der Waals surface area contributed by atoms with Gasteiger partial charge in [-0.05, 0) is 61.4 Å². The fourth-order valence-electron chi connectivity index (χ4n) is 3.75. The van der Waals surface area contributed by atoms with Crippen molar-refractivity contribution in [2.24, 2.45) is 5.92 Å². The van der Waals surface area contributed by atoms with Gasteiger partial charge >= 0.3 is 0 Å². The van der Waals surface area contributed by atoms with Crippen molar-refractivity contribution in [2.75, 3.05) is 6.54 Å². The third-order valence-electron chi connectivity index (χ3n) is 5.72. The normalized spacial score (nSPS) is 19.1. The molecule has 2 aromatic rings. The van der Waals surface area contributed by atoms with Gasteiger partial charge < -0.3 is 10.2 Å². The predicted octanol–water partition coefficient (Wildman–Crippen LogP) is 4.34. The summed E-state index contributed by atoms with van der Waals surface area (Å²) in [6.07, 6.45) is 2.06. The predicted molar refractivity (Wildman–Crippen MR) is 112 cm³/mol. The minimum Gasteiger partial charge on any atom is -0.354 e. The van der Waals surface area contributed by atoms with Gasteiger partial charge in [0.15, 0.2) is 0 Å². The Morgan fingerprint density at radius 1 is 1.17 bits per heavy atom. The van der Waals surface area contributed by atoms with Gasteiger partial charge in [-0.15, -0.1) is 0 Å². The van der Waals surface area contributed by atoms with Gasteiger partial charge in [-0.2, -0.15) is 0 Å². The molecular formula is C24H29FN2O2. The summed E-state index contributed by atoms with van der Waals surface area (Å²) >= 11 is 0. The van der Waals surface area contributed by atoms with Crippen LogP contribution in [0.15, 0.2) is 48.5 Å². The molecule has 0 radical (unpaired) electrons. The Morgan fingerprint density at radius 2 is 1.86 bits per heavy atom. The highest BCUT2D eigenvalue weighted by Crippen LogP contribution is 2.32. The van der Waals surface area contributed by atoms with E-state index in [-0.39, 0.29) is 24.2 Å². The van der Waals surface area contributed by atoms with Gasteiger partial charge in [0.1, 0.15) is 11.4 Å². The van der Waals surface area contributed by atoms with E-state index >= 15 is 0 Å². The van der Waals surface area contributed by atoms with Crippen LogP contribution in [0.4, 0.5) is 4.39 Å². The largest absolute Gasteiger partial charge is 0.354 e. The number of carbonyl (C=O) groups excluding carboxylic acids is 2. The van der Waals surface area contributed by atoms with Crippen molar-refractivity contribution < 1.29 is 14.0 Å². The summed E-state index contributed by atoms with van der Waals surface area (Å²) < 4.78 is 13.3. The number of benzene rings is 2. The van der Waals surface area contributed by atoms with E-state index in [0.717, 1.165) is 17.5 Å². The number of hydrogen-bond donors (Lipinski definition) is 1. The minimum absolute atomic E-state index is 0.138. The lowest BCUT2D eigenvalue weighted by molar-refractivity contribution is -0.132. The minimum atomic E-state index is -0.985. The monoisotopic (exact) mass is 396 g/mol. The zero-order valence-corrected chi connectivity index (χ0v) is 17.4. The van der Waals surface area contributed by atoms with Crippen LogP contribution >= 0.6 is 0 Å². The summed E-state index contributed by atoms with van der Waals surface area (Å²) in [5.41, 5.74) is 1.40. The van der Waals surface area contributed by atoms with Gasteiger partial charge in [0.25, 0.3) is 5.91 Å². The molecule has 1 N–H and O–H groups in total. The van der Waals surface area contributed by atoms with Crippen molar-refractivity contribution in [1.82, 2.24) is 10.2 Å². The standard InChI is InChI=1S/C24H29FN2O2/c1-17(2)13-15-26-23(29)24(3)14-12-19-6-4-5-7-21(19)22(28)27(24)16-18-8-10-20(25)11-9-18/h4-11,17H,12-16H2,1-3H3,(H,26,29)/t24-/m1/s1. The average Bonchev–Trinajstić information content (AvgIpc) is 2.80. The van der Waals surface area contributed by atoms with E-state index in [9.17, 15) is 14.0 Å². The van der Waals surface area contributed by atoms with Crippen molar-refractivity contribution in [3.05, 3.63) is 71.0 Å². The Morgan fingerprint density at radius 3 is 2.55 bits per heavy atom. The first-order chi connectivity index (χ1) is 13.8. The summed E-state index contributed by atoms with van der Waals surface area (Å²) in [6, 6.07) is 13.6. The van der Waals surface area contributed by atoms with Crippen LogP contribution in [0.25, 0.3) is 0 Å². The molecule has 0 spiro atoms. The van der Waals surface area contributed by atoms with Crippen LogP contribution in [-0.2, 0) is 17.8 Å². The van der Waals surface area contributed by atoms with E-state index in [2.05, 4.69) is 19.2 Å². The summed E-state index contributed by atoms with van der Waals surface area (Å²) in [6.45, 7) is 6.89. The Labute approximate surface area is 172 Å². The summed E-state index contributed by atoms with van der Waals surface area (Å²) in [4.78, 5) is 28.4. The van der Waals surface area contributed by atoms with E-state index in [1.54, 1.807) is 17.0 Å². The fourth-order valence-corrected chi connectivity index (χ4v) is 3.75. The second kappa shape index (κ2) is 8.76. The van der Waals surface area contributed by atoms with Crippen LogP contribution in [0.3, 0.4) is 0 Å². The first-order valence-corrected chi connectivity index (χ1v) is 10.2. The molecule has 0 saturated carbocycles. The molecule has 0 unspecified atom stereocenters. The summed E-state index contributed by atoms with van der Waals surface area (Å²) in [7, 11) is 0. The van der Waals surface area contributed by atoms with Crippen LogP contribution in [0.1, 0.15) is 55.1 Å². The zero-order valence-electron chi connectivity index (χ0n) is 17.4. The van der Waals surface area contributed by atoms with Gasteiger partial charge in [-0.1, -0.05) is 44.2 Å². The van der Waals surface area contributed by atoms with E-state index in [0.29, 0.717) is 30.9 Å². The number of fused-ring (bicyclic) bond motifs is 1. The number of aryl methyl sites for hydroxylation is 1. The smallest absolute Gasteiger partial charge is 0.255 e. The lowest BCUT2D eigenvalue weighted by Gasteiger charge is -2.39. The molecule has 0 bridgehead atoms. The molecule has 0 aromatic heterocycles. The van der Waals surface area contributed by atoms with Crippen molar-refractivity contribution >= 4 is 11.8 Å². The van der Waals surface area contributed by atoms with Crippen LogP contribution in [-0.4, -0.2) is 28.8 Å². The van der Waals surface area contributed by atoms with Crippen LogP contribution < -0.4 is 5.32 Å². The number of hydrogen-bond acceptors (Lipinski definition) is 2. The molecule has 0 fully saturated rings. The van der Waals surface area contributed by atoms with Crippen LogP contribution in [0.2, 0.25) is 0 Å². The number of nitrogens with zero attached hydrogens (tertiary/aromatic N) is 1. The molecule has 2 aromatic carbocycles. The van der Waals surface area contributed by atoms with E-state index < -0.39 is 5.54 Å². The molecule has 1 atom stereocenters.